The highest BCUT2D eigenvalue weighted by atomic mass is 32.1. The normalized spacial score (nSPS) is 11.8. The molecule has 5 heteroatoms. The van der Waals surface area contributed by atoms with E-state index in [0.29, 0.717) is 0 Å². The monoisotopic (exact) mass is 452 g/mol. The summed E-state index contributed by atoms with van der Waals surface area (Å²) in [5, 5.41) is 2.52. The van der Waals surface area contributed by atoms with Crippen LogP contribution in [0.5, 0.6) is 5.75 Å². The lowest BCUT2D eigenvalue weighted by Gasteiger charge is -2.06. The molecule has 0 amide bonds. The van der Waals surface area contributed by atoms with Crippen molar-refractivity contribution < 1.29 is 9.15 Å². The molecule has 0 aliphatic rings. The first-order valence-corrected chi connectivity index (χ1v) is 11.6. The van der Waals surface area contributed by atoms with Crippen molar-refractivity contribution >= 4 is 27.4 Å². The zero-order chi connectivity index (χ0) is 22.9. The fourth-order valence-corrected chi connectivity index (χ4v) is 4.61. The van der Waals surface area contributed by atoms with Crippen LogP contribution in [0.15, 0.2) is 82.2 Å². The van der Waals surface area contributed by atoms with Gasteiger partial charge in [0.15, 0.2) is 0 Å². The molecule has 0 unspecified atom stereocenters. The van der Waals surface area contributed by atoms with Gasteiger partial charge in [0.25, 0.3) is 0 Å². The molecule has 0 saturated heterocycles. The molecule has 0 aliphatic heterocycles. The van der Waals surface area contributed by atoms with Crippen molar-refractivity contribution in [3.63, 3.8) is 0 Å². The van der Waals surface area contributed by atoms with Crippen LogP contribution in [-0.4, -0.2) is 12.1 Å². The molecule has 33 heavy (non-hydrogen) atoms. The second-order valence-corrected chi connectivity index (χ2v) is 9.21. The minimum atomic E-state index is 0.734. The molecule has 0 aliphatic carbocycles. The van der Waals surface area contributed by atoms with Gasteiger partial charge in [0, 0.05) is 27.5 Å². The van der Waals surface area contributed by atoms with Crippen LogP contribution < -0.4 is 10.1 Å². The van der Waals surface area contributed by atoms with E-state index in [1.165, 1.54) is 11.1 Å². The number of nitrogens with zero attached hydrogens (tertiary/aromatic N) is 2. The summed E-state index contributed by atoms with van der Waals surface area (Å²) in [7, 11) is 1.66. The average molecular weight is 453 g/mol. The summed E-state index contributed by atoms with van der Waals surface area (Å²) in [6, 6.07) is 24.2. The highest BCUT2D eigenvalue weighted by Gasteiger charge is 2.12. The van der Waals surface area contributed by atoms with E-state index in [0.717, 1.165) is 54.7 Å². The number of hydrogen-bond donors (Lipinski definition) is 0. The van der Waals surface area contributed by atoms with Crippen molar-refractivity contribution in [3.05, 3.63) is 94.2 Å². The topological polar surface area (TPSA) is 47.6 Å². The van der Waals surface area contributed by atoms with Gasteiger partial charge in [-0.25, -0.2) is 9.98 Å². The Morgan fingerprint density at radius 2 is 1.61 bits per heavy atom. The average Bonchev–Trinajstić information content (AvgIpc) is 3.20. The maximum absolute atomic E-state index is 6.20. The highest BCUT2D eigenvalue weighted by molar-refractivity contribution is 7.15. The lowest BCUT2D eigenvalue weighted by Crippen LogP contribution is -2.03. The molecule has 5 aromatic rings. The van der Waals surface area contributed by atoms with Crippen molar-refractivity contribution in [3.8, 4) is 28.3 Å². The first-order valence-electron chi connectivity index (χ1n) is 10.8. The predicted octanol–water partition coefficient (Wildman–Crippen LogP) is 7.39. The van der Waals surface area contributed by atoms with Gasteiger partial charge in [0.2, 0.25) is 5.13 Å². The number of aryl methyl sites for hydroxylation is 3. The molecule has 0 radical (unpaired) electrons. The largest absolute Gasteiger partial charge is 0.497 e. The summed E-state index contributed by atoms with van der Waals surface area (Å²) in [5.74, 6) is 1.55. The number of hydrogen-bond acceptors (Lipinski definition) is 5. The summed E-state index contributed by atoms with van der Waals surface area (Å²) in [6.45, 7) is 6.36. The van der Waals surface area contributed by atoms with Gasteiger partial charge in [-0.2, -0.15) is 0 Å². The maximum Gasteiger partial charge on any atom is 0.210 e. The Morgan fingerprint density at radius 3 is 2.36 bits per heavy atom. The van der Waals surface area contributed by atoms with Crippen molar-refractivity contribution in [1.29, 1.82) is 0 Å². The molecule has 4 nitrogen and oxygen atoms in total. The molecule has 0 spiro atoms. The van der Waals surface area contributed by atoms with Crippen LogP contribution >= 0.6 is 11.3 Å². The van der Waals surface area contributed by atoms with Gasteiger partial charge in [0.1, 0.15) is 17.1 Å². The zero-order valence-electron chi connectivity index (χ0n) is 19.0. The Bertz CT molecular complexity index is 1530. The quantitative estimate of drug-likeness (QED) is 0.286. The number of fused-ring (bicyclic) bond motifs is 1. The molecular formula is C28H24N2O2S. The number of aromatic nitrogens is 1. The predicted molar refractivity (Wildman–Crippen MR) is 135 cm³/mol. The molecule has 2 aromatic heterocycles. The van der Waals surface area contributed by atoms with E-state index in [2.05, 4.69) is 39.0 Å². The van der Waals surface area contributed by atoms with Gasteiger partial charge in [0.05, 0.1) is 18.2 Å². The molecule has 0 saturated carbocycles. The first-order chi connectivity index (χ1) is 16.0. The number of rotatable bonds is 4. The van der Waals surface area contributed by atoms with E-state index in [4.69, 9.17) is 19.1 Å². The summed E-state index contributed by atoms with van der Waals surface area (Å²) >= 11 is 1.60. The standard InChI is InChI=1S/C28H24N2O2S/c1-17-9-10-21(15-18(17)2)27-19(3)33-28(30-27)29-24-16-26(20-11-13-22(31-4)14-12-20)32-25-8-6-5-7-23(24)25/h5-16H,1-4H3/b29-24+. The van der Waals surface area contributed by atoms with Crippen LogP contribution in [0.25, 0.3) is 33.6 Å². The Hall–Kier alpha value is -3.70. The molecule has 0 bridgehead atoms. The Labute approximate surface area is 196 Å². The molecule has 164 valence electrons. The molecular weight excluding hydrogens is 428 g/mol. The van der Waals surface area contributed by atoms with E-state index in [1.807, 2.05) is 54.6 Å². The fraction of sp³-hybridized carbons (Fsp3) is 0.143. The van der Waals surface area contributed by atoms with Gasteiger partial charge in [-0.15, -0.1) is 0 Å². The third-order valence-electron chi connectivity index (χ3n) is 5.81. The lowest BCUT2D eigenvalue weighted by atomic mass is 10.0. The summed E-state index contributed by atoms with van der Waals surface area (Å²) < 4.78 is 11.5. The lowest BCUT2D eigenvalue weighted by molar-refractivity contribution is 0.415. The molecule has 3 aromatic carbocycles. The van der Waals surface area contributed by atoms with Crippen molar-refractivity contribution in [2.45, 2.75) is 20.8 Å². The van der Waals surface area contributed by atoms with Gasteiger partial charge < -0.3 is 9.15 Å². The van der Waals surface area contributed by atoms with Gasteiger partial charge >= 0.3 is 0 Å². The van der Waals surface area contributed by atoms with E-state index >= 15 is 0 Å². The summed E-state index contributed by atoms with van der Waals surface area (Å²) in [6.07, 6.45) is 0. The molecule has 0 N–H and O–H groups in total. The third kappa shape index (κ3) is 4.20. The second kappa shape index (κ2) is 8.68. The van der Waals surface area contributed by atoms with Crippen LogP contribution in [-0.2, 0) is 0 Å². The van der Waals surface area contributed by atoms with E-state index in [-0.39, 0.29) is 0 Å². The van der Waals surface area contributed by atoms with Crippen molar-refractivity contribution in [2.24, 2.45) is 4.99 Å². The molecule has 5 rings (SSSR count). The van der Waals surface area contributed by atoms with Gasteiger partial charge in [-0.1, -0.05) is 35.6 Å². The second-order valence-electron chi connectivity index (χ2n) is 8.03. The minimum Gasteiger partial charge on any atom is -0.497 e. The molecule has 0 fully saturated rings. The van der Waals surface area contributed by atoms with Crippen LogP contribution in [0.2, 0.25) is 0 Å². The maximum atomic E-state index is 6.20. The van der Waals surface area contributed by atoms with Crippen LogP contribution in [0, 0.1) is 20.8 Å². The number of benzene rings is 3. The number of para-hydroxylation sites is 1. The van der Waals surface area contributed by atoms with Gasteiger partial charge in [-0.05, 0) is 74.4 Å². The SMILES string of the molecule is COc1ccc(-c2c/c(=N\c3nc(-c4ccc(C)c(C)c4)c(C)s3)c3ccccc3o2)cc1. The Morgan fingerprint density at radius 1 is 0.848 bits per heavy atom. The zero-order valence-corrected chi connectivity index (χ0v) is 19.9. The summed E-state index contributed by atoms with van der Waals surface area (Å²) in [5.41, 5.74) is 6.40. The van der Waals surface area contributed by atoms with Gasteiger partial charge in [-0.3, -0.25) is 0 Å². The fourth-order valence-electron chi connectivity index (χ4n) is 3.80. The van der Waals surface area contributed by atoms with Crippen molar-refractivity contribution in [2.75, 3.05) is 7.11 Å². The van der Waals surface area contributed by atoms with Crippen LogP contribution in [0.3, 0.4) is 0 Å². The Balaban J connectivity index is 1.64. The van der Waals surface area contributed by atoms with E-state index in [1.54, 1.807) is 18.4 Å². The molecule has 0 atom stereocenters. The summed E-state index contributed by atoms with van der Waals surface area (Å²) in [4.78, 5) is 11.0. The Kier molecular flexibility index (Phi) is 5.56. The van der Waals surface area contributed by atoms with Crippen LogP contribution in [0.1, 0.15) is 16.0 Å². The number of methoxy groups -OCH3 is 1. The first kappa shape index (κ1) is 21.2. The minimum absolute atomic E-state index is 0.734. The van der Waals surface area contributed by atoms with E-state index < -0.39 is 0 Å². The number of thiazole rings is 1. The molecule has 2 heterocycles. The smallest absolute Gasteiger partial charge is 0.210 e. The van der Waals surface area contributed by atoms with E-state index in [9.17, 15) is 0 Å². The van der Waals surface area contributed by atoms with Crippen molar-refractivity contribution in [1.82, 2.24) is 4.98 Å². The van der Waals surface area contributed by atoms with Crippen LogP contribution in [0.4, 0.5) is 5.13 Å². The third-order valence-corrected chi connectivity index (χ3v) is 6.67. The number of ether oxygens (including phenoxy) is 1. The highest BCUT2D eigenvalue weighted by Crippen LogP contribution is 2.33.